The van der Waals surface area contributed by atoms with Crippen LogP contribution in [-0.2, 0) is 14.3 Å². The van der Waals surface area contributed by atoms with Gasteiger partial charge in [0.2, 0.25) is 11.8 Å². The van der Waals surface area contributed by atoms with Crippen molar-refractivity contribution in [3.05, 3.63) is 0 Å². The predicted molar refractivity (Wildman–Crippen MR) is 98.4 cm³/mol. The van der Waals surface area contributed by atoms with E-state index in [1.165, 1.54) is 0 Å². The first-order valence-electron chi connectivity index (χ1n) is 9.65. The first-order valence-corrected chi connectivity index (χ1v) is 9.65. The SMILES string of the molecule is CC(C)(C)OC(=O)NC(CC1CC1)C(=O)NC(C#N)C[C@@H]1CCCNC1=O. The Morgan fingerprint density at radius 3 is 2.52 bits per heavy atom. The normalized spacial score (nSPS) is 22.0. The van der Waals surface area contributed by atoms with E-state index in [1.54, 1.807) is 20.8 Å². The summed E-state index contributed by atoms with van der Waals surface area (Å²) in [5.41, 5.74) is -0.659. The zero-order valence-corrected chi connectivity index (χ0v) is 16.3. The van der Waals surface area contributed by atoms with Gasteiger partial charge in [0.25, 0.3) is 0 Å². The fourth-order valence-corrected chi connectivity index (χ4v) is 3.13. The van der Waals surface area contributed by atoms with E-state index in [9.17, 15) is 19.6 Å². The Morgan fingerprint density at radius 1 is 1.26 bits per heavy atom. The zero-order chi connectivity index (χ0) is 20.0. The van der Waals surface area contributed by atoms with Crippen molar-refractivity contribution in [3.8, 4) is 6.07 Å². The lowest BCUT2D eigenvalue weighted by atomic mass is 9.92. The lowest BCUT2D eigenvalue weighted by Crippen LogP contribution is -2.51. The lowest BCUT2D eigenvalue weighted by molar-refractivity contribution is -0.128. The van der Waals surface area contributed by atoms with Gasteiger partial charge < -0.3 is 20.7 Å². The summed E-state index contributed by atoms with van der Waals surface area (Å²) in [5.74, 6) is -0.350. The number of rotatable bonds is 7. The van der Waals surface area contributed by atoms with Gasteiger partial charge in [0, 0.05) is 12.5 Å². The molecule has 2 aliphatic rings. The van der Waals surface area contributed by atoms with E-state index in [0.717, 1.165) is 19.3 Å². The van der Waals surface area contributed by atoms with Crippen LogP contribution in [0.2, 0.25) is 0 Å². The van der Waals surface area contributed by atoms with E-state index in [4.69, 9.17) is 4.74 Å². The molecule has 2 unspecified atom stereocenters. The van der Waals surface area contributed by atoms with Gasteiger partial charge in [-0.1, -0.05) is 12.8 Å². The molecule has 0 aromatic rings. The smallest absolute Gasteiger partial charge is 0.408 e. The van der Waals surface area contributed by atoms with Crippen molar-refractivity contribution >= 4 is 17.9 Å². The molecule has 0 radical (unpaired) electrons. The highest BCUT2D eigenvalue weighted by atomic mass is 16.6. The molecule has 0 bridgehead atoms. The Balaban J connectivity index is 1.93. The van der Waals surface area contributed by atoms with Crippen LogP contribution in [0.4, 0.5) is 4.79 Å². The van der Waals surface area contributed by atoms with Crippen LogP contribution in [0.1, 0.15) is 59.3 Å². The number of nitrogens with zero attached hydrogens (tertiary/aromatic N) is 1. The van der Waals surface area contributed by atoms with E-state index in [-0.39, 0.29) is 18.2 Å². The lowest BCUT2D eigenvalue weighted by Gasteiger charge is -2.26. The summed E-state index contributed by atoms with van der Waals surface area (Å²) in [7, 11) is 0. The molecule has 3 atom stereocenters. The van der Waals surface area contributed by atoms with E-state index in [0.29, 0.717) is 25.3 Å². The third-order valence-electron chi connectivity index (χ3n) is 4.67. The van der Waals surface area contributed by atoms with Crippen LogP contribution in [0.15, 0.2) is 0 Å². The van der Waals surface area contributed by atoms with Crippen molar-refractivity contribution in [2.45, 2.75) is 77.0 Å². The maximum absolute atomic E-state index is 12.7. The fourth-order valence-electron chi connectivity index (χ4n) is 3.13. The van der Waals surface area contributed by atoms with Crippen LogP contribution < -0.4 is 16.0 Å². The molecule has 1 heterocycles. The number of hydrogen-bond donors (Lipinski definition) is 3. The van der Waals surface area contributed by atoms with Crippen LogP contribution in [-0.4, -0.2) is 42.1 Å². The van der Waals surface area contributed by atoms with Crippen LogP contribution in [0.5, 0.6) is 0 Å². The van der Waals surface area contributed by atoms with Crippen LogP contribution >= 0.6 is 0 Å². The average molecular weight is 378 g/mol. The van der Waals surface area contributed by atoms with Crippen molar-refractivity contribution < 1.29 is 19.1 Å². The van der Waals surface area contributed by atoms with Gasteiger partial charge in [0.1, 0.15) is 17.7 Å². The van der Waals surface area contributed by atoms with Crippen LogP contribution in [0.3, 0.4) is 0 Å². The molecule has 8 heteroatoms. The highest BCUT2D eigenvalue weighted by Crippen LogP contribution is 2.33. The quantitative estimate of drug-likeness (QED) is 0.621. The van der Waals surface area contributed by atoms with Crippen molar-refractivity contribution in [2.75, 3.05) is 6.54 Å². The number of amides is 3. The number of nitrogens with one attached hydrogen (secondary N) is 3. The predicted octanol–water partition coefficient (Wildman–Crippen LogP) is 1.60. The first-order chi connectivity index (χ1) is 12.7. The van der Waals surface area contributed by atoms with Crippen molar-refractivity contribution in [1.29, 1.82) is 5.26 Å². The van der Waals surface area contributed by atoms with Gasteiger partial charge in [-0.25, -0.2) is 4.79 Å². The number of alkyl carbamates (subject to hydrolysis) is 1. The minimum Gasteiger partial charge on any atom is -0.444 e. The number of carbonyl (C=O) groups excluding carboxylic acids is 3. The third-order valence-corrected chi connectivity index (χ3v) is 4.67. The maximum atomic E-state index is 12.7. The van der Waals surface area contributed by atoms with Gasteiger partial charge in [-0.05, 0) is 52.4 Å². The molecule has 150 valence electrons. The summed E-state index contributed by atoms with van der Waals surface area (Å²) in [6, 6.07) is 0.544. The summed E-state index contributed by atoms with van der Waals surface area (Å²) >= 11 is 0. The largest absolute Gasteiger partial charge is 0.444 e. The highest BCUT2D eigenvalue weighted by molar-refractivity contribution is 5.86. The average Bonchev–Trinajstić information content (AvgIpc) is 3.37. The Labute approximate surface area is 160 Å². The molecular weight excluding hydrogens is 348 g/mol. The number of hydrogen-bond acceptors (Lipinski definition) is 5. The molecule has 1 aliphatic heterocycles. The maximum Gasteiger partial charge on any atom is 0.408 e. The molecule has 1 aliphatic carbocycles. The third kappa shape index (κ3) is 7.45. The van der Waals surface area contributed by atoms with Crippen LogP contribution in [0, 0.1) is 23.2 Å². The molecule has 3 N–H and O–H groups in total. The van der Waals surface area contributed by atoms with Crippen LogP contribution in [0.25, 0.3) is 0 Å². The summed E-state index contributed by atoms with van der Waals surface area (Å²) in [4.78, 5) is 36.6. The first kappa shape index (κ1) is 21.0. The molecule has 2 fully saturated rings. The summed E-state index contributed by atoms with van der Waals surface area (Å²) in [6.45, 7) is 5.92. The zero-order valence-electron chi connectivity index (χ0n) is 16.3. The second-order valence-electron chi connectivity index (χ2n) is 8.43. The second kappa shape index (κ2) is 9.07. The monoisotopic (exact) mass is 378 g/mol. The molecule has 2 rings (SSSR count). The Bertz CT molecular complexity index is 604. The van der Waals surface area contributed by atoms with Gasteiger partial charge in [-0.3, -0.25) is 9.59 Å². The number of piperidine rings is 1. The fraction of sp³-hybridized carbons (Fsp3) is 0.789. The Kier molecular flexibility index (Phi) is 7.05. The summed E-state index contributed by atoms with van der Waals surface area (Å²) in [6.07, 6.45) is 3.79. The number of nitriles is 1. The van der Waals surface area contributed by atoms with Gasteiger partial charge in [-0.2, -0.15) is 5.26 Å². The molecule has 1 saturated carbocycles. The van der Waals surface area contributed by atoms with E-state index < -0.39 is 29.7 Å². The molecule has 0 spiro atoms. The molecule has 0 aromatic heterocycles. The molecule has 8 nitrogen and oxygen atoms in total. The summed E-state index contributed by atoms with van der Waals surface area (Å²) in [5, 5.41) is 17.5. The Hall–Kier alpha value is -2.30. The van der Waals surface area contributed by atoms with E-state index in [2.05, 4.69) is 22.0 Å². The minimum absolute atomic E-state index is 0.0721. The summed E-state index contributed by atoms with van der Waals surface area (Å²) < 4.78 is 5.24. The van der Waals surface area contributed by atoms with Crippen molar-refractivity contribution in [2.24, 2.45) is 11.8 Å². The van der Waals surface area contributed by atoms with Crippen molar-refractivity contribution in [3.63, 3.8) is 0 Å². The topological polar surface area (TPSA) is 120 Å². The van der Waals surface area contributed by atoms with E-state index in [1.807, 2.05) is 0 Å². The molecule has 3 amide bonds. The van der Waals surface area contributed by atoms with Gasteiger partial charge in [0.15, 0.2) is 0 Å². The number of carbonyl (C=O) groups is 3. The molecule has 27 heavy (non-hydrogen) atoms. The molecule has 0 aromatic carbocycles. The Morgan fingerprint density at radius 2 is 1.96 bits per heavy atom. The minimum atomic E-state index is -0.770. The molecular formula is C19H30N4O4. The number of ether oxygens (including phenoxy) is 1. The standard InChI is InChI=1S/C19H30N4O4/c1-19(2,3)27-18(26)23-15(9-12-6-7-12)17(25)22-14(11-20)10-13-5-4-8-21-16(13)24/h12-15H,4-10H2,1-3H3,(H,21,24)(H,22,25)(H,23,26)/t13-,14?,15?/m0/s1. The highest BCUT2D eigenvalue weighted by Gasteiger charge is 2.33. The van der Waals surface area contributed by atoms with Gasteiger partial charge >= 0.3 is 6.09 Å². The van der Waals surface area contributed by atoms with Crippen molar-refractivity contribution in [1.82, 2.24) is 16.0 Å². The van der Waals surface area contributed by atoms with E-state index >= 15 is 0 Å². The van der Waals surface area contributed by atoms with Gasteiger partial charge in [0.05, 0.1) is 6.07 Å². The van der Waals surface area contributed by atoms with Gasteiger partial charge in [-0.15, -0.1) is 0 Å². The second-order valence-corrected chi connectivity index (χ2v) is 8.43. The molecule has 1 saturated heterocycles.